The number of hydrogen-bond donors (Lipinski definition) is 1. The van der Waals surface area contributed by atoms with Crippen LogP contribution in [0.3, 0.4) is 0 Å². The zero-order valence-corrected chi connectivity index (χ0v) is 32.3. The Labute approximate surface area is 295 Å². The molecular weight excluding hydrogens is 574 g/mol. The Morgan fingerprint density at radius 2 is 0.745 bits per heavy atom. The summed E-state index contributed by atoms with van der Waals surface area (Å²) >= 11 is 0. The first kappa shape index (κ1) is 47.5. The molecule has 0 fully saturated rings. The summed E-state index contributed by atoms with van der Waals surface area (Å²) < 4.78 is 0. The Bertz CT molecular complexity index is 645. The SMILES string of the molecule is CCCCC/C=C\C/C=C\CCCCCCCCC(CCCCCCCC/C=C\C/C=C\CCCCC)CCCCN(C)C.O=CO. The lowest BCUT2D eigenvalue weighted by Crippen LogP contribution is -2.13. The molecule has 0 unspecified atom stereocenters. The third kappa shape index (κ3) is 46.6. The molecule has 0 spiro atoms. The van der Waals surface area contributed by atoms with Crippen LogP contribution in [0.15, 0.2) is 48.6 Å². The molecule has 0 bridgehead atoms. The van der Waals surface area contributed by atoms with E-state index in [-0.39, 0.29) is 6.47 Å². The minimum atomic E-state index is -0.250. The van der Waals surface area contributed by atoms with Gasteiger partial charge in [-0.3, -0.25) is 4.79 Å². The van der Waals surface area contributed by atoms with Gasteiger partial charge in [0.05, 0.1) is 0 Å². The van der Waals surface area contributed by atoms with E-state index in [1.807, 2.05) is 0 Å². The zero-order chi connectivity index (χ0) is 34.7. The van der Waals surface area contributed by atoms with Gasteiger partial charge in [-0.1, -0.05) is 178 Å². The van der Waals surface area contributed by atoms with Crippen molar-refractivity contribution in [2.24, 2.45) is 5.92 Å². The van der Waals surface area contributed by atoms with Gasteiger partial charge in [-0.15, -0.1) is 0 Å². The van der Waals surface area contributed by atoms with E-state index in [0.29, 0.717) is 0 Å². The Morgan fingerprint density at radius 3 is 1.09 bits per heavy atom. The van der Waals surface area contributed by atoms with Crippen LogP contribution in [0.25, 0.3) is 0 Å². The van der Waals surface area contributed by atoms with E-state index in [1.165, 1.54) is 180 Å². The standard InChI is InChI=1S/C43H81N.CH2O2/c1-5-7-9-11-13-15-17-19-21-23-25-27-29-31-33-35-39-43(41-37-38-42-44(3)4)40-36-34-32-30-28-26-24-22-20-18-16-14-12-10-8-6-2;2-1-3/h13-16,19-22,43H,5-12,17-18,23-42H2,1-4H3;1H,(H,2,3)/b15-13-,16-14-,21-19-,22-20-;. The van der Waals surface area contributed by atoms with Crippen LogP contribution >= 0.6 is 0 Å². The molecule has 0 atom stereocenters. The molecule has 0 aliphatic heterocycles. The molecule has 0 saturated heterocycles. The fraction of sp³-hybridized carbons (Fsp3) is 0.795. The second-order valence-corrected chi connectivity index (χ2v) is 14.0. The van der Waals surface area contributed by atoms with E-state index >= 15 is 0 Å². The van der Waals surface area contributed by atoms with Gasteiger partial charge >= 0.3 is 0 Å². The number of nitrogens with zero attached hydrogens (tertiary/aromatic N) is 1. The minimum Gasteiger partial charge on any atom is -0.483 e. The summed E-state index contributed by atoms with van der Waals surface area (Å²) in [5, 5.41) is 6.89. The maximum absolute atomic E-state index is 8.36. The summed E-state index contributed by atoms with van der Waals surface area (Å²) in [4.78, 5) is 10.7. The van der Waals surface area contributed by atoms with E-state index in [1.54, 1.807) is 0 Å². The van der Waals surface area contributed by atoms with Crippen molar-refractivity contribution in [1.82, 2.24) is 4.90 Å². The third-order valence-electron chi connectivity index (χ3n) is 9.09. The highest BCUT2D eigenvalue weighted by Crippen LogP contribution is 2.24. The van der Waals surface area contributed by atoms with E-state index in [9.17, 15) is 0 Å². The van der Waals surface area contributed by atoms with Crippen LogP contribution in [0.1, 0.15) is 200 Å². The molecule has 0 aromatic carbocycles. The maximum Gasteiger partial charge on any atom is 0.290 e. The monoisotopic (exact) mass is 658 g/mol. The Balaban J connectivity index is 0. The van der Waals surface area contributed by atoms with Gasteiger partial charge in [-0.2, -0.15) is 0 Å². The van der Waals surface area contributed by atoms with E-state index in [0.717, 1.165) is 18.8 Å². The molecular formula is C44H83NO2. The summed E-state index contributed by atoms with van der Waals surface area (Å²) in [6.07, 6.45) is 58.8. The van der Waals surface area contributed by atoms with Crippen LogP contribution in [-0.4, -0.2) is 37.1 Å². The number of hydrogen-bond acceptors (Lipinski definition) is 2. The predicted octanol–water partition coefficient (Wildman–Crippen LogP) is 14.4. The number of carboxylic acid groups (broad SMARTS) is 1. The van der Waals surface area contributed by atoms with E-state index in [4.69, 9.17) is 9.90 Å². The first-order chi connectivity index (χ1) is 23.1. The summed E-state index contributed by atoms with van der Waals surface area (Å²) in [5.74, 6) is 0.980. The third-order valence-corrected chi connectivity index (χ3v) is 9.09. The van der Waals surface area contributed by atoms with E-state index in [2.05, 4.69) is 81.5 Å². The molecule has 0 rings (SSSR count). The van der Waals surface area contributed by atoms with Crippen molar-refractivity contribution in [2.45, 2.75) is 200 Å². The van der Waals surface area contributed by atoms with Crippen molar-refractivity contribution in [1.29, 1.82) is 0 Å². The Morgan fingerprint density at radius 1 is 0.447 bits per heavy atom. The fourth-order valence-electron chi connectivity index (χ4n) is 6.14. The molecule has 3 nitrogen and oxygen atoms in total. The highest BCUT2D eigenvalue weighted by atomic mass is 16.3. The number of carbonyl (C=O) groups is 1. The quantitative estimate of drug-likeness (QED) is 0.0419. The summed E-state index contributed by atoms with van der Waals surface area (Å²) in [6, 6.07) is 0. The molecule has 0 amide bonds. The minimum absolute atomic E-state index is 0.250. The molecule has 0 radical (unpaired) electrons. The van der Waals surface area contributed by atoms with Crippen molar-refractivity contribution < 1.29 is 9.90 Å². The Hall–Kier alpha value is -1.61. The van der Waals surface area contributed by atoms with Crippen molar-refractivity contribution in [3.8, 4) is 0 Å². The second kappa shape index (κ2) is 44.4. The molecule has 0 aliphatic carbocycles. The van der Waals surface area contributed by atoms with Crippen LogP contribution in [0, 0.1) is 5.92 Å². The van der Waals surface area contributed by atoms with Gasteiger partial charge in [0.15, 0.2) is 0 Å². The van der Waals surface area contributed by atoms with Gasteiger partial charge < -0.3 is 10.0 Å². The topological polar surface area (TPSA) is 40.5 Å². The van der Waals surface area contributed by atoms with Crippen LogP contribution < -0.4 is 0 Å². The van der Waals surface area contributed by atoms with E-state index < -0.39 is 0 Å². The van der Waals surface area contributed by atoms with Crippen molar-refractivity contribution >= 4 is 6.47 Å². The zero-order valence-electron chi connectivity index (χ0n) is 32.3. The van der Waals surface area contributed by atoms with Crippen LogP contribution in [0.2, 0.25) is 0 Å². The van der Waals surface area contributed by atoms with Gasteiger partial charge in [0.2, 0.25) is 0 Å². The molecule has 0 aromatic rings. The van der Waals surface area contributed by atoms with Gasteiger partial charge in [0.25, 0.3) is 6.47 Å². The largest absolute Gasteiger partial charge is 0.483 e. The average Bonchev–Trinajstić information content (AvgIpc) is 3.06. The van der Waals surface area contributed by atoms with Crippen LogP contribution in [0.5, 0.6) is 0 Å². The van der Waals surface area contributed by atoms with Crippen LogP contribution in [-0.2, 0) is 4.79 Å². The molecule has 47 heavy (non-hydrogen) atoms. The molecule has 276 valence electrons. The maximum atomic E-state index is 8.36. The van der Waals surface area contributed by atoms with Gasteiger partial charge in [0, 0.05) is 0 Å². The lowest BCUT2D eigenvalue weighted by Gasteiger charge is -2.18. The van der Waals surface area contributed by atoms with Crippen molar-refractivity contribution in [3.05, 3.63) is 48.6 Å². The fourth-order valence-corrected chi connectivity index (χ4v) is 6.14. The predicted molar refractivity (Wildman–Crippen MR) is 213 cm³/mol. The van der Waals surface area contributed by atoms with Gasteiger partial charge in [-0.25, -0.2) is 0 Å². The highest BCUT2D eigenvalue weighted by Gasteiger charge is 2.09. The highest BCUT2D eigenvalue weighted by molar-refractivity contribution is 5.32. The number of rotatable bonds is 35. The number of allylic oxidation sites excluding steroid dienone is 8. The molecule has 0 aromatic heterocycles. The molecule has 0 aliphatic rings. The van der Waals surface area contributed by atoms with Gasteiger partial charge in [0.1, 0.15) is 0 Å². The van der Waals surface area contributed by atoms with Gasteiger partial charge in [-0.05, 0) is 97.2 Å². The normalized spacial score (nSPS) is 12.0. The van der Waals surface area contributed by atoms with Crippen LogP contribution in [0.4, 0.5) is 0 Å². The first-order valence-corrected chi connectivity index (χ1v) is 20.4. The molecule has 0 heterocycles. The molecule has 0 saturated carbocycles. The van der Waals surface area contributed by atoms with Crippen molar-refractivity contribution in [3.63, 3.8) is 0 Å². The molecule has 3 heteroatoms. The molecule has 1 N–H and O–H groups in total. The summed E-state index contributed by atoms with van der Waals surface area (Å²) in [7, 11) is 4.43. The lowest BCUT2D eigenvalue weighted by molar-refractivity contribution is -0.122. The van der Waals surface area contributed by atoms with Crippen molar-refractivity contribution in [2.75, 3.05) is 20.6 Å². The average molecular weight is 658 g/mol. The first-order valence-electron chi connectivity index (χ1n) is 20.4. The summed E-state index contributed by atoms with van der Waals surface area (Å²) in [5.41, 5.74) is 0. The summed E-state index contributed by atoms with van der Waals surface area (Å²) in [6.45, 7) is 5.55. The second-order valence-electron chi connectivity index (χ2n) is 14.0. The number of unbranched alkanes of at least 4 members (excludes halogenated alkanes) is 19. The smallest absolute Gasteiger partial charge is 0.290 e. The Kier molecular flexibility index (Phi) is 44.9. The lowest BCUT2D eigenvalue weighted by atomic mass is 9.90.